The number of para-hydroxylation sites is 1. The topological polar surface area (TPSA) is 51.8 Å². The van der Waals surface area contributed by atoms with E-state index in [0.717, 1.165) is 60.9 Å². The minimum absolute atomic E-state index is 0.621. The Kier molecular flexibility index (Phi) is 7.64. The first-order valence-electron chi connectivity index (χ1n) is 18.7. The van der Waals surface area contributed by atoms with Crippen LogP contribution in [0.4, 0.5) is 0 Å². The quantitative estimate of drug-likeness (QED) is 0.171. The summed E-state index contributed by atoms with van der Waals surface area (Å²) in [5.41, 5.74) is 11.2. The molecule has 0 radical (unpaired) electrons. The lowest BCUT2D eigenvalue weighted by molar-refractivity contribution is 0.670. The predicted molar refractivity (Wildman–Crippen MR) is 233 cm³/mol. The Hall–Kier alpha value is -7.21. The molecule has 0 aliphatic heterocycles. The molecule has 262 valence electrons. The Labute approximate surface area is 327 Å². The SMILES string of the molecule is c1ccc(-c2nc(-c3ccccc3)nc(-c3cccc(-c4cccc5oc6c(-c7cc8sc9ccccc9c8cc7-c7ccccc7)cccc6c45)c3)n2)cc1. The van der Waals surface area contributed by atoms with Crippen LogP contribution < -0.4 is 0 Å². The fraction of sp³-hybridized carbons (Fsp3) is 0. The zero-order valence-corrected chi connectivity index (χ0v) is 30.9. The van der Waals surface area contributed by atoms with E-state index in [1.807, 2.05) is 72.0 Å². The lowest BCUT2D eigenvalue weighted by Crippen LogP contribution is -2.00. The molecule has 0 fully saturated rings. The lowest BCUT2D eigenvalue weighted by atomic mass is 9.91. The Balaban J connectivity index is 1.08. The molecular weight excluding hydrogens is 703 g/mol. The first-order valence-corrected chi connectivity index (χ1v) is 19.5. The number of hydrogen-bond donors (Lipinski definition) is 0. The Morgan fingerprint density at radius 1 is 0.339 bits per heavy atom. The van der Waals surface area contributed by atoms with Gasteiger partial charge < -0.3 is 4.42 Å². The highest BCUT2D eigenvalue weighted by atomic mass is 32.1. The van der Waals surface area contributed by atoms with Crippen molar-refractivity contribution < 1.29 is 4.42 Å². The van der Waals surface area contributed by atoms with Crippen LogP contribution in [0.15, 0.2) is 192 Å². The molecule has 11 rings (SSSR count). The van der Waals surface area contributed by atoms with Crippen LogP contribution in [-0.2, 0) is 0 Å². The summed E-state index contributed by atoms with van der Waals surface area (Å²) in [5.74, 6) is 1.90. The number of thiophene rings is 1. The summed E-state index contributed by atoms with van der Waals surface area (Å²) < 4.78 is 9.43. The van der Waals surface area contributed by atoms with Gasteiger partial charge in [-0.15, -0.1) is 11.3 Å². The molecule has 0 atom stereocenters. The van der Waals surface area contributed by atoms with E-state index in [0.29, 0.717) is 17.5 Å². The average molecular weight is 734 g/mol. The van der Waals surface area contributed by atoms with Crippen LogP contribution in [0, 0.1) is 0 Å². The van der Waals surface area contributed by atoms with Gasteiger partial charge in [0.25, 0.3) is 0 Å². The van der Waals surface area contributed by atoms with Crippen molar-refractivity contribution in [2.24, 2.45) is 0 Å². The van der Waals surface area contributed by atoms with Crippen LogP contribution in [-0.4, -0.2) is 15.0 Å². The van der Waals surface area contributed by atoms with Crippen LogP contribution in [0.3, 0.4) is 0 Å². The van der Waals surface area contributed by atoms with Crippen molar-refractivity contribution in [1.82, 2.24) is 15.0 Å². The second kappa shape index (κ2) is 13.3. The summed E-state index contributed by atoms with van der Waals surface area (Å²) in [6, 6.07) is 65.6. The fourth-order valence-electron chi connectivity index (χ4n) is 7.91. The molecular formula is C51H31N3OS. The van der Waals surface area contributed by atoms with E-state index in [-0.39, 0.29) is 0 Å². The molecule has 56 heavy (non-hydrogen) atoms. The summed E-state index contributed by atoms with van der Waals surface area (Å²) in [4.78, 5) is 14.9. The number of nitrogens with zero attached hydrogens (tertiary/aromatic N) is 3. The van der Waals surface area contributed by atoms with Crippen molar-refractivity contribution in [2.45, 2.75) is 0 Å². The maximum absolute atomic E-state index is 6.88. The van der Waals surface area contributed by atoms with Crippen molar-refractivity contribution >= 4 is 53.4 Å². The van der Waals surface area contributed by atoms with Crippen LogP contribution in [0.1, 0.15) is 0 Å². The smallest absolute Gasteiger partial charge is 0.164 e. The molecule has 0 aliphatic rings. The van der Waals surface area contributed by atoms with E-state index < -0.39 is 0 Å². The van der Waals surface area contributed by atoms with Gasteiger partial charge in [0.05, 0.1) is 0 Å². The zero-order valence-electron chi connectivity index (χ0n) is 30.1. The standard InChI is InChI=1S/C51H31N3OS/c1-4-15-32(16-5-1)41-30-43-38-23-10-11-28-45(38)56-46(43)31-42(41)39-25-13-26-40-47-37(24-14-27-44(47)55-48(39)40)35-21-12-22-36(29-35)51-53-49(33-17-6-2-7-18-33)52-50(54-51)34-19-8-3-9-20-34/h1-31H. The first kappa shape index (κ1) is 32.2. The van der Waals surface area contributed by atoms with Gasteiger partial charge in [-0.2, -0.15) is 0 Å². The molecule has 3 aromatic heterocycles. The highest BCUT2D eigenvalue weighted by Crippen LogP contribution is 2.46. The molecule has 0 saturated carbocycles. The van der Waals surface area contributed by atoms with E-state index in [1.54, 1.807) is 0 Å². The van der Waals surface area contributed by atoms with Crippen molar-refractivity contribution in [3.8, 4) is 67.5 Å². The number of fused-ring (bicyclic) bond motifs is 6. The maximum Gasteiger partial charge on any atom is 0.164 e. The maximum atomic E-state index is 6.88. The Morgan fingerprint density at radius 2 is 0.893 bits per heavy atom. The van der Waals surface area contributed by atoms with Crippen LogP contribution >= 0.6 is 11.3 Å². The predicted octanol–water partition coefficient (Wildman–Crippen LogP) is 14.1. The van der Waals surface area contributed by atoms with Crippen molar-refractivity contribution in [2.75, 3.05) is 0 Å². The number of rotatable bonds is 6. The molecule has 11 aromatic rings. The number of benzene rings is 8. The average Bonchev–Trinajstić information content (AvgIpc) is 3.85. The molecule has 5 heteroatoms. The van der Waals surface area contributed by atoms with Gasteiger partial charge >= 0.3 is 0 Å². The van der Waals surface area contributed by atoms with Crippen LogP contribution in [0.5, 0.6) is 0 Å². The molecule has 8 aromatic carbocycles. The Morgan fingerprint density at radius 3 is 1.62 bits per heavy atom. The normalized spacial score (nSPS) is 11.6. The molecule has 0 bridgehead atoms. The molecule has 0 N–H and O–H groups in total. The summed E-state index contributed by atoms with van der Waals surface area (Å²) >= 11 is 1.84. The van der Waals surface area contributed by atoms with Gasteiger partial charge in [0.15, 0.2) is 17.5 Å². The molecule has 0 amide bonds. The van der Waals surface area contributed by atoms with E-state index in [9.17, 15) is 0 Å². The molecule has 0 unspecified atom stereocenters. The van der Waals surface area contributed by atoms with Crippen molar-refractivity contribution in [1.29, 1.82) is 0 Å². The molecule has 3 heterocycles. The van der Waals surface area contributed by atoms with Gasteiger partial charge in [-0.05, 0) is 58.1 Å². The molecule has 0 aliphatic carbocycles. The highest BCUT2D eigenvalue weighted by molar-refractivity contribution is 7.25. The van der Waals surface area contributed by atoms with Crippen molar-refractivity contribution in [3.05, 3.63) is 188 Å². The number of aromatic nitrogens is 3. The van der Waals surface area contributed by atoms with E-state index >= 15 is 0 Å². The molecule has 0 spiro atoms. The third-order valence-electron chi connectivity index (χ3n) is 10.5. The van der Waals surface area contributed by atoms with Gasteiger partial charge in [0.1, 0.15) is 11.2 Å². The van der Waals surface area contributed by atoms with Gasteiger partial charge in [-0.25, -0.2) is 15.0 Å². The van der Waals surface area contributed by atoms with Crippen LogP contribution in [0.25, 0.3) is 110 Å². The summed E-state index contributed by atoms with van der Waals surface area (Å²) in [6.07, 6.45) is 0. The summed E-state index contributed by atoms with van der Waals surface area (Å²) in [6.45, 7) is 0. The van der Waals surface area contributed by atoms with E-state index in [1.165, 1.54) is 31.3 Å². The third kappa shape index (κ3) is 5.48. The lowest BCUT2D eigenvalue weighted by Gasteiger charge is -2.12. The summed E-state index contributed by atoms with van der Waals surface area (Å²) in [5, 5.41) is 4.72. The number of furan rings is 1. The fourth-order valence-corrected chi connectivity index (χ4v) is 9.04. The minimum atomic E-state index is 0.621. The van der Waals surface area contributed by atoms with Gasteiger partial charge in [-0.1, -0.05) is 158 Å². The van der Waals surface area contributed by atoms with E-state index in [2.05, 4.69) is 127 Å². The van der Waals surface area contributed by atoms with E-state index in [4.69, 9.17) is 19.4 Å². The second-order valence-corrected chi connectivity index (χ2v) is 15.0. The van der Waals surface area contributed by atoms with Crippen LogP contribution in [0.2, 0.25) is 0 Å². The highest BCUT2D eigenvalue weighted by Gasteiger charge is 2.20. The van der Waals surface area contributed by atoms with Gasteiger partial charge in [0.2, 0.25) is 0 Å². The largest absolute Gasteiger partial charge is 0.455 e. The number of hydrogen-bond acceptors (Lipinski definition) is 5. The molecule has 4 nitrogen and oxygen atoms in total. The Bertz CT molecular complexity index is 3180. The monoisotopic (exact) mass is 733 g/mol. The second-order valence-electron chi connectivity index (χ2n) is 13.9. The molecule has 0 saturated heterocycles. The third-order valence-corrected chi connectivity index (χ3v) is 11.7. The van der Waals surface area contributed by atoms with Gasteiger partial charge in [0, 0.05) is 53.2 Å². The summed E-state index contributed by atoms with van der Waals surface area (Å²) in [7, 11) is 0. The minimum Gasteiger partial charge on any atom is -0.455 e. The zero-order chi connectivity index (χ0) is 37.0. The van der Waals surface area contributed by atoms with Gasteiger partial charge in [-0.3, -0.25) is 0 Å². The first-order chi connectivity index (χ1) is 27.7. The van der Waals surface area contributed by atoms with Crippen molar-refractivity contribution in [3.63, 3.8) is 0 Å².